The van der Waals surface area contributed by atoms with Crippen molar-refractivity contribution < 1.29 is 9.31 Å². The van der Waals surface area contributed by atoms with E-state index in [1.54, 1.807) is 0 Å². The SMILES string of the molecule is CCCCc1ccc(/C=C(\C)B2OC(C)(C)C(C)(C)O2)cc1. The number of rotatable bonds is 5. The summed E-state index contributed by atoms with van der Waals surface area (Å²) < 4.78 is 12.2. The van der Waals surface area contributed by atoms with Crippen LogP contribution in [0.4, 0.5) is 0 Å². The van der Waals surface area contributed by atoms with Crippen LogP contribution in [0.15, 0.2) is 29.7 Å². The van der Waals surface area contributed by atoms with Crippen LogP contribution in [0.5, 0.6) is 0 Å². The van der Waals surface area contributed by atoms with Gasteiger partial charge in [0.05, 0.1) is 11.2 Å². The molecule has 1 fully saturated rings. The summed E-state index contributed by atoms with van der Waals surface area (Å²) in [6.07, 6.45) is 5.81. The Labute approximate surface area is 136 Å². The molecule has 1 aliphatic rings. The van der Waals surface area contributed by atoms with E-state index in [0.717, 1.165) is 11.9 Å². The fourth-order valence-electron chi connectivity index (χ4n) is 2.52. The van der Waals surface area contributed by atoms with Gasteiger partial charge in [0.15, 0.2) is 0 Å². The lowest BCUT2D eigenvalue weighted by Gasteiger charge is -2.32. The molecule has 1 aromatic rings. The van der Waals surface area contributed by atoms with Gasteiger partial charge < -0.3 is 9.31 Å². The summed E-state index contributed by atoms with van der Waals surface area (Å²) in [4.78, 5) is 0. The number of unbranched alkanes of at least 4 members (excludes halogenated alkanes) is 1. The number of allylic oxidation sites excluding steroid dienone is 1. The minimum atomic E-state index is -0.281. The first kappa shape index (κ1) is 17.3. The number of hydrogen-bond donors (Lipinski definition) is 0. The first-order chi connectivity index (χ1) is 10.2. The highest BCUT2D eigenvalue weighted by molar-refractivity contribution is 6.55. The van der Waals surface area contributed by atoms with Crippen LogP contribution in [0.1, 0.15) is 65.5 Å². The van der Waals surface area contributed by atoms with Crippen LogP contribution in [0.25, 0.3) is 6.08 Å². The molecular weight excluding hydrogens is 271 g/mol. The molecule has 1 heterocycles. The zero-order valence-electron chi connectivity index (χ0n) is 14.9. The van der Waals surface area contributed by atoms with Crippen LogP contribution < -0.4 is 0 Å². The van der Waals surface area contributed by atoms with E-state index in [4.69, 9.17) is 9.31 Å². The van der Waals surface area contributed by atoms with Crippen molar-refractivity contribution in [3.8, 4) is 0 Å². The summed E-state index contributed by atoms with van der Waals surface area (Å²) in [5, 5.41) is 0. The van der Waals surface area contributed by atoms with Gasteiger partial charge in [0.2, 0.25) is 0 Å². The quantitative estimate of drug-likeness (QED) is 0.707. The smallest absolute Gasteiger partial charge is 0.400 e. The van der Waals surface area contributed by atoms with Crippen LogP contribution in [-0.2, 0) is 15.7 Å². The standard InChI is InChI=1S/C19H29BO2/c1-7-8-9-16-10-12-17(13-11-16)14-15(2)20-21-18(3,4)19(5,6)22-20/h10-14H,7-9H2,1-6H3/b15-14+. The molecule has 0 saturated carbocycles. The predicted octanol–water partition coefficient (Wildman–Crippen LogP) is 5.06. The second-order valence-electron chi connectivity index (χ2n) is 7.32. The maximum absolute atomic E-state index is 6.08. The highest BCUT2D eigenvalue weighted by Crippen LogP contribution is 2.38. The molecule has 1 saturated heterocycles. The average molecular weight is 300 g/mol. The molecule has 120 valence electrons. The van der Waals surface area contributed by atoms with E-state index >= 15 is 0 Å². The summed E-state index contributed by atoms with van der Waals surface area (Å²) in [5.74, 6) is 0. The number of benzene rings is 1. The van der Waals surface area contributed by atoms with Gasteiger partial charge in [-0.25, -0.2) is 0 Å². The fourth-order valence-corrected chi connectivity index (χ4v) is 2.52. The Hall–Kier alpha value is -1.06. The van der Waals surface area contributed by atoms with Crippen molar-refractivity contribution in [1.29, 1.82) is 0 Å². The molecule has 0 spiro atoms. The Morgan fingerprint density at radius 1 is 1.05 bits per heavy atom. The summed E-state index contributed by atoms with van der Waals surface area (Å²) in [7, 11) is -0.259. The van der Waals surface area contributed by atoms with E-state index in [1.807, 2.05) is 0 Å². The predicted molar refractivity (Wildman–Crippen MR) is 94.8 cm³/mol. The van der Waals surface area contributed by atoms with Gasteiger partial charge in [-0.1, -0.05) is 43.7 Å². The first-order valence-electron chi connectivity index (χ1n) is 8.38. The fraction of sp³-hybridized carbons (Fsp3) is 0.579. The Balaban J connectivity index is 2.06. The Morgan fingerprint density at radius 3 is 2.09 bits per heavy atom. The van der Waals surface area contributed by atoms with Crippen LogP contribution in [0.2, 0.25) is 0 Å². The molecule has 1 aliphatic heterocycles. The molecule has 1 aromatic carbocycles. The van der Waals surface area contributed by atoms with Crippen LogP contribution in [-0.4, -0.2) is 18.3 Å². The monoisotopic (exact) mass is 300 g/mol. The molecule has 0 unspecified atom stereocenters. The third kappa shape index (κ3) is 3.82. The lowest BCUT2D eigenvalue weighted by atomic mass is 9.78. The van der Waals surface area contributed by atoms with Gasteiger partial charge in [0.25, 0.3) is 0 Å². The molecule has 0 amide bonds. The van der Waals surface area contributed by atoms with Gasteiger partial charge in [-0.3, -0.25) is 0 Å². The molecule has 0 atom stereocenters. The Kier molecular flexibility index (Phi) is 5.19. The van der Waals surface area contributed by atoms with Crippen LogP contribution in [0, 0.1) is 0 Å². The van der Waals surface area contributed by atoms with Crippen molar-refractivity contribution in [3.05, 3.63) is 40.9 Å². The van der Waals surface area contributed by atoms with Gasteiger partial charge in [0, 0.05) is 0 Å². The molecular formula is C19H29BO2. The Bertz CT molecular complexity index is 513. The van der Waals surface area contributed by atoms with E-state index in [-0.39, 0.29) is 18.3 Å². The summed E-state index contributed by atoms with van der Waals surface area (Å²) in [5.41, 5.74) is 3.16. The van der Waals surface area contributed by atoms with Crippen molar-refractivity contribution in [2.24, 2.45) is 0 Å². The second-order valence-corrected chi connectivity index (χ2v) is 7.32. The minimum absolute atomic E-state index is 0.259. The van der Waals surface area contributed by atoms with E-state index in [0.29, 0.717) is 0 Å². The van der Waals surface area contributed by atoms with Crippen LogP contribution >= 0.6 is 0 Å². The number of hydrogen-bond acceptors (Lipinski definition) is 2. The molecule has 0 aromatic heterocycles. The van der Waals surface area contributed by atoms with Gasteiger partial charge >= 0.3 is 7.12 Å². The van der Waals surface area contributed by atoms with E-state index in [9.17, 15) is 0 Å². The van der Waals surface area contributed by atoms with Crippen molar-refractivity contribution in [1.82, 2.24) is 0 Å². The first-order valence-corrected chi connectivity index (χ1v) is 8.38. The van der Waals surface area contributed by atoms with E-state index in [2.05, 4.69) is 71.9 Å². The minimum Gasteiger partial charge on any atom is -0.400 e. The highest BCUT2D eigenvalue weighted by atomic mass is 16.7. The molecule has 2 rings (SSSR count). The van der Waals surface area contributed by atoms with Crippen molar-refractivity contribution in [3.63, 3.8) is 0 Å². The molecule has 0 radical (unpaired) electrons. The summed E-state index contributed by atoms with van der Waals surface area (Å²) in [6.45, 7) is 12.6. The average Bonchev–Trinajstić information content (AvgIpc) is 2.67. The maximum Gasteiger partial charge on any atom is 0.490 e. The van der Waals surface area contributed by atoms with E-state index < -0.39 is 0 Å². The van der Waals surface area contributed by atoms with Gasteiger partial charge in [0.1, 0.15) is 0 Å². The topological polar surface area (TPSA) is 18.5 Å². The Morgan fingerprint density at radius 2 is 1.59 bits per heavy atom. The lowest BCUT2D eigenvalue weighted by Crippen LogP contribution is -2.41. The third-order valence-corrected chi connectivity index (χ3v) is 4.82. The summed E-state index contributed by atoms with van der Waals surface area (Å²) in [6, 6.07) is 8.80. The largest absolute Gasteiger partial charge is 0.490 e. The van der Waals surface area contributed by atoms with Crippen molar-refractivity contribution in [2.45, 2.75) is 72.0 Å². The maximum atomic E-state index is 6.08. The molecule has 22 heavy (non-hydrogen) atoms. The van der Waals surface area contributed by atoms with Crippen molar-refractivity contribution in [2.75, 3.05) is 0 Å². The zero-order chi connectivity index (χ0) is 16.4. The number of aryl methyl sites for hydroxylation is 1. The summed E-state index contributed by atoms with van der Waals surface area (Å²) >= 11 is 0. The van der Waals surface area contributed by atoms with Gasteiger partial charge in [-0.05, 0) is 64.1 Å². The van der Waals surface area contributed by atoms with Crippen LogP contribution in [0.3, 0.4) is 0 Å². The molecule has 0 bridgehead atoms. The molecule has 0 aliphatic carbocycles. The normalized spacial score (nSPS) is 20.5. The van der Waals surface area contributed by atoms with Crippen molar-refractivity contribution >= 4 is 13.2 Å². The second kappa shape index (κ2) is 6.60. The zero-order valence-corrected chi connectivity index (χ0v) is 14.9. The van der Waals surface area contributed by atoms with Gasteiger partial charge in [-0.2, -0.15) is 0 Å². The van der Waals surface area contributed by atoms with Gasteiger partial charge in [-0.15, -0.1) is 0 Å². The molecule has 3 heteroatoms. The lowest BCUT2D eigenvalue weighted by molar-refractivity contribution is 0.00578. The molecule has 0 N–H and O–H groups in total. The van der Waals surface area contributed by atoms with E-state index in [1.165, 1.54) is 24.0 Å². The molecule has 2 nitrogen and oxygen atoms in total. The highest BCUT2D eigenvalue weighted by Gasteiger charge is 2.51. The third-order valence-electron chi connectivity index (χ3n) is 4.82.